The van der Waals surface area contributed by atoms with Gasteiger partial charge in [0.1, 0.15) is 0 Å². The molecule has 54 valence electrons. The molecule has 1 amide bonds. The van der Waals surface area contributed by atoms with E-state index < -0.39 is 0 Å². The predicted octanol–water partition coefficient (Wildman–Crippen LogP) is 0.615. The van der Waals surface area contributed by atoms with E-state index in [9.17, 15) is 4.79 Å². The first-order valence-electron chi connectivity index (χ1n) is 3.51. The maximum absolute atomic E-state index is 11.3. The van der Waals surface area contributed by atoms with Crippen LogP contribution < -0.4 is 0 Å². The van der Waals surface area contributed by atoms with Crippen molar-refractivity contribution in [1.29, 1.82) is 0 Å². The summed E-state index contributed by atoms with van der Waals surface area (Å²) in [6.07, 6.45) is 2.01. The molecule has 3 heteroatoms. The second kappa shape index (κ2) is 1.41. The van der Waals surface area contributed by atoms with E-state index in [1.54, 1.807) is 7.05 Å². The summed E-state index contributed by atoms with van der Waals surface area (Å²) in [5, 5.41) is 5.55. The van der Waals surface area contributed by atoms with Crippen molar-refractivity contribution in [3.8, 4) is 0 Å². The minimum atomic E-state index is -0.130. The smallest absolute Gasteiger partial charge is 0.254 e. The van der Waals surface area contributed by atoms with Crippen molar-refractivity contribution in [2.24, 2.45) is 10.5 Å². The van der Waals surface area contributed by atoms with Gasteiger partial charge in [-0.15, -0.1) is 0 Å². The molecule has 0 aromatic rings. The van der Waals surface area contributed by atoms with Gasteiger partial charge in [-0.25, -0.2) is 5.01 Å². The molecule has 0 radical (unpaired) electrons. The van der Waals surface area contributed by atoms with Crippen LogP contribution in [-0.4, -0.2) is 23.7 Å². The Morgan fingerprint density at radius 3 is 2.40 bits per heavy atom. The van der Waals surface area contributed by atoms with E-state index in [0.717, 1.165) is 18.6 Å². The summed E-state index contributed by atoms with van der Waals surface area (Å²) in [5.74, 6) is 0.185. The maximum atomic E-state index is 11.3. The lowest BCUT2D eigenvalue weighted by Crippen LogP contribution is -2.25. The molecule has 0 saturated heterocycles. The molecule has 0 bridgehead atoms. The highest BCUT2D eigenvalue weighted by atomic mass is 16.2. The number of hydrogen-bond acceptors (Lipinski definition) is 2. The molecular formula is C7H10N2O. The zero-order valence-corrected chi connectivity index (χ0v) is 6.22. The number of hydrogen-bond donors (Lipinski definition) is 0. The highest BCUT2D eigenvalue weighted by Gasteiger charge is 2.57. The molecule has 1 aliphatic carbocycles. The van der Waals surface area contributed by atoms with E-state index in [2.05, 4.69) is 5.10 Å². The van der Waals surface area contributed by atoms with Gasteiger partial charge in [0.25, 0.3) is 5.91 Å². The average molecular weight is 138 g/mol. The zero-order valence-electron chi connectivity index (χ0n) is 6.22. The zero-order chi connectivity index (χ0) is 7.35. The van der Waals surface area contributed by atoms with Gasteiger partial charge in [0.15, 0.2) is 0 Å². The Labute approximate surface area is 59.7 Å². The fraction of sp³-hybridized carbons (Fsp3) is 0.714. The summed E-state index contributed by atoms with van der Waals surface area (Å²) in [6, 6.07) is 0. The molecule has 0 aromatic carbocycles. The van der Waals surface area contributed by atoms with Crippen molar-refractivity contribution in [2.45, 2.75) is 19.8 Å². The monoisotopic (exact) mass is 138 g/mol. The Kier molecular flexibility index (Phi) is 0.832. The molecule has 0 N–H and O–H groups in total. The first-order valence-corrected chi connectivity index (χ1v) is 3.51. The third-order valence-electron chi connectivity index (χ3n) is 2.45. The van der Waals surface area contributed by atoms with Crippen molar-refractivity contribution in [2.75, 3.05) is 7.05 Å². The van der Waals surface area contributed by atoms with Gasteiger partial charge < -0.3 is 0 Å². The molecule has 10 heavy (non-hydrogen) atoms. The van der Waals surface area contributed by atoms with Crippen LogP contribution in [0.3, 0.4) is 0 Å². The predicted molar refractivity (Wildman–Crippen MR) is 37.5 cm³/mol. The van der Waals surface area contributed by atoms with Crippen LogP contribution in [0.5, 0.6) is 0 Å². The van der Waals surface area contributed by atoms with Gasteiger partial charge >= 0.3 is 0 Å². The Balaban J connectivity index is 2.39. The quantitative estimate of drug-likeness (QED) is 0.483. The van der Waals surface area contributed by atoms with Gasteiger partial charge in [0.05, 0.1) is 11.1 Å². The topological polar surface area (TPSA) is 32.7 Å². The summed E-state index contributed by atoms with van der Waals surface area (Å²) in [7, 11) is 1.72. The average Bonchev–Trinajstić information content (AvgIpc) is 2.61. The van der Waals surface area contributed by atoms with Crippen LogP contribution in [0.4, 0.5) is 0 Å². The van der Waals surface area contributed by atoms with E-state index in [-0.39, 0.29) is 11.3 Å². The number of amides is 1. The van der Waals surface area contributed by atoms with Crippen molar-refractivity contribution in [3.05, 3.63) is 0 Å². The van der Waals surface area contributed by atoms with Crippen LogP contribution in [0, 0.1) is 5.41 Å². The lowest BCUT2D eigenvalue weighted by Gasteiger charge is -2.05. The van der Waals surface area contributed by atoms with Gasteiger partial charge in [-0.3, -0.25) is 4.79 Å². The molecule has 3 nitrogen and oxygen atoms in total. The molecule has 0 aromatic heterocycles. The molecule has 2 aliphatic rings. The summed E-state index contributed by atoms with van der Waals surface area (Å²) in [6.45, 7) is 1.94. The Morgan fingerprint density at radius 2 is 2.20 bits per heavy atom. The van der Waals surface area contributed by atoms with E-state index in [1.165, 1.54) is 5.01 Å². The summed E-state index contributed by atoms with van der Waals surface area (Å²) in [5.41, 5.74) is 0.870. The Hall–Kier alpha value is -0.860. The second-order valence-corrected chi connectivity index (χ2v) is 3.10. The van der Waals surface area contributed by atoms with Crippen LogP contribution >= 0.6 is 0 Å². The minimum Gasteiger partial charge on any atom is -0.272 e. The first-order chi connectivity index (χ1) is 4.67. The van der Waals surface area contributed by atoms with E-state index in [4.69, 9.17) is 0 Å². The van der Waals surface area contributed by atoms with Crippen LogP contribution in [0.25, 0.3) is 0 Å². The molecule has 1 saturated carbocycles. The molecule has 1 aliphatic heterocycles. The van der Waals surface area contributed by atoms with Crippen molar-refractivity contribution < 1.29 is 4.79 Å². The maximum Gasteiger partial charge on any atom is 0.254 e. The van der Waals surface area contributed by atoms with Gasteiger partial charge in [0.2, 0.25) is 0 Å². The fourth-order valence-electron chi connectivity index (χ4n) is 1.53. The molecule has 1 fully saturated rings. The summed E-state index contributed by atoms with van der Waals surface area (Å²) < 4.78 is 0. The number of hydrazone groups is 1. The largest absolute Gasteiger partial charge is 0.272 e. The number of carbonyl (C=O) groups excluding carboxylic acids is 1. The molecular weight excluding hydrogens is 128 g/mol. The van der Waals surface area contributed by atoms with Crippen LogP contribution in [-0.2, 0) is 4.79 Å². The highest BCUT2D eigenvalue weighted by Crippen LogP contribution is 2.51. The van der Waals surface area contributed by atoms with Crippen LogP contribution in [0.15, 0.2) is 5.10 Å². The highest BCUT2D eigenvalue weighted by molar-refractivity contribution is 6.13. The standard InChI is InChI=1S/C7H10N2O/c1-5-7(3-4-7)6(10)9(2)8-5/h3-4H2,1-2H3. The van der Waals surface area contributed by atoms with Crippen molar-refractivity contribution in [1.82, 2.24) is 5.01 Å². The van der Waals surface area contributed by atoms with Crippen LogP contribution in [0.1, 0.15) is 19.8 Å². The van der Waals surface area contributed by atoms with Gasteiger partial charge in [-0.2, -0.15) is 5.10 Å². The van der Waals surface area contributed by atoms with E-state index >= 15 is 0 Å². The van der Waals surface area contributed by atoms with E-state index in [1.807, 2.05) is 6.92 Å². The molecule has 1 heterocycles. The first kappa shape index (κ1) is 5.89. The minimum absolute atomic E-state index is 0.130. The van der Waals surface area contributed by atoms with Crippen molar-refractivity contribution in [3.63, 3.8) is 0 Å². The molecule has 2 rings (SSSR count). The summed E-state index contributed by atoms with van der Waals surface area (Å²) >= 11 is 0. The van der Waals surface area contributed by atoms with Crippen LogP contribution in [0.2, 0.25) is 0 Å². The van der Waals surface area contributed by atoms with E-state index in [0.29, 0.717) is 0 Å². The number of carbonyl (C=O) groups is 1. The second-order valence-electron chi connectivity index (χ2n) is 3.10. The van der Waals surface area contributed by atoms with Gasteiger partial charge in [-0.05, 0) is 19.8 Å². The Morgan fingerprint density at radius 1 is 1.60 bits per heavy atom. The third-order valence-corrected chi connectivity index (χ3v) is 2.45. The third kappa shape index (κ3) is 0.462. The lowest BCUT2D eigenvalue weighted by molar-refractivity contribution is -0.131. The lowest BCUT2D eigenvalue weighted by atomic mass is 10.0. The normalized spacial score (nSPS) is 27.6. The number of nitrogens with zero attached hydrogens (tertiary/aromatic N) is 2. The van der Waals surface area contributed by atoms with Gasteiger partial charge in [-0.1, -0.05) is 0 Å². The van der Waals surface area contributed by atoms with Crippen molar-refractivity contribution >= 4 is 11.6 Å². The summed E-state index contributed by atoms with van der Waals surface area (Å²) in [4.78, 5) is 11.3. The number of rotatable bonds is 0. The molecule has 0 atom stereocenters. The Bertz CT molecular complexity index is 228. The SMILES string of the molecule is CC1=NN(C)C(=O)C12CC2. The molecule has 0 unspecified atom stereocenters. The molecule has 1 spiro atoms. The fourth-order valence-corrected chi connectivity index (χ4v) is 1.53. The van der Waals surface area contributed by atoms with Gasteiger partial charge in [0, 0.05) is 7.05 Å².